The van der Waals surface area contributed by atoms with Crippen LogP contribution in [0.25, 0.3) is 0 Å². The lowest BCUT2D eigenvalue weighted by Gasteiger charge is -2.35. The molecule has 1 aromatic carbocycles. The van der Waals surface area contributed by atoms with Crippen LogP contribution in [-0.2, 0) is 5.41 Å². The van der Waals surface area contributed by atoms with Crippen LogP contribution in [0.15, 0.2) is 42.6 Å². The predicted octanol–water partition coefficient (Wildman–Crippen LogP) is 3.77. The minimum atomic E-state index is -0.180. The third-order valence-corrected chi connectivity index (χ3v) is 5.17. The average molecular weight is 367 g/mol. The van der Waals surface area contributed by atoms with Gasteiger partial charge in [-0.15, -0.1) is 0 Å². The van der Waals surface area contributed by atoms with Crippen molar-refractivity contribution in [1.29, 1.82) is 0 Å². The van der Waals surface area contributed by atoms with Crippen LogP contribution in [0.3, 0.4) is 0 Å². The Morgan fingerprint density at radius 3 is 2.22 bits per heavy atom. The maximum Gasteiger partial charge on any atom is 0.274 e. The van der Waals surface area contributed by atoms with Crippen molar-refractivity contribution in [1.82, 2.24) is 9.88 Å². The number of pyridine rings is 1. The minimum absolute atomic E-state index is 0.0997. The van der Waals surface area contributed by atoms with Crippen molar-refractivity contribution < 1.29 is 4.79 Å². The molecule has 5 heteroatoms. The number of rotatable bonds is 4. The van der Waals surface area contributed by atoms with Crippen LogP contribution in [-0.4, -0.2) is 48.5 Å². The van der Waals surface area contributed by atoms with Crippen LogP contribution in [0, 0.1) is 0 Å². The van der Waals surface area contributed by atoms with Crippen molar-refractivity contribution in [3.8, 4) is 0 Å². The fraction of sp³-hybridized carbons (Fsp3) is 0.455. The molecule has 5 nitrogen and oxygen atoms in total. The van der Waals surface area contributed by atoms with E-state index in [2.05, 4.69) is 59.9 Å². The molecule has 0 atom stereocenters. The summed E-state index contributed by atoms with van der Waals surface area (Å²) in [5.41, 5.74) is 3.64. The number of hydrogen-bond acceptors (Lipinski definition) is 4. The SMILES string of the molecule is CCN1CCN(c2ccc(C(=O)Nc3ccc(C(C)(C)C)cc3)nc2)CC1. The first-order chi connectivity index (χ1) is 12.9. The number of benzene rings is 1. The highest BCUT2D eigenvalue weighted by Gasteiger charge is 2.17. The Morgan fingerprint density at radius 1 is 1.04 bits per heavy atom. The zero-order valence-corrected chi connectivity index (χ0v) is 16.8. The molecule has 0 saturated carbocycles. The second kappa shape index (κ2) is 8.09. The highest BCUT2D eigenvalue weighted by Crippen LogP contribution is 2.23. The molecule has 1 amide bonds. The molecule has 0 spiro atoms. The molecule has 2 aromatic rings. The second-order valence-corrected chi connectivity index (χ2v) is 8.10. The zero-order valence-electron chi connectivity index (χ0n) is 16.8. The molecule has 1 aliphatic rings. The Labute approximate surface area is 162 Å². The van der Waals surface area contributed by atoms with E-state index in [1.807, 2.05) is 18.2 Å². The van der Waals surface area contributed by atoms with Gasteiger partial charge in [-0.2, -0.15) is 0 Å². The van der Waals surface area contributed by atoms with E-state index < -0.39 is 0 Å². The molecular weight excluding hydrogens is 336 g/mol. The normalized spacial score (nSPS) is 15.6. The summed E-state index contributed by atoms with van der Waals surface area (Å²) in [7, 11) is 0. The summed E-state index contributed by atoms with van der Waals surface area (Å²) in [5, 5.41) is 2.93. The van der Waals surface area contributed by atoms with Gasteiger partial charge < -0.3 is 15.1 Å². The van der Waals surface area contributed by atoms with Crippen LogP contribution in [0.5, 0.6) is 0 Å². The molecule has 1 aromatic heterocycles. The van der Waals surface area contributed by atoms with E-state index in [-0.39, 0.29) is 11.3 Å². The highest BCUT2D eigenvalue weighted by atomic mass is 16.1. The molecular formula is C22H30N4O. The number of amides is 1. The molecule has 3 rings (SSSR count). The van der Waals surface area contributed by atoms with Crippen molar-refractivity contribution in [2.45, 2.75) is 33.1 Å². The summed E-state index contributed by atoms with van der Waals surface area (Å²) in [6.07, 6.45) is 1.80. The van der Waals surface area contributed by atoms with E-state index in [1.165, 1.54) is 5.56 Å². The molecule has 144 valence electrons. The first kappa shape index (κ1) is 19.4. The summed E-state index contributed by atoms with van der Waals surface area (Å²) in [4.78, 5) is 21.6. The lowest BCUT2D eigenvalue weighted by atomic mass is 9.87. The number of anilines is 2. The maximum atomic E-state index is 12.5. The zero-order chi connectivity index (χ0) is 19.4. The smallest absolute Gasteiger partial charge is 0.274 e. The Hall–Kier alpha value is -2.40. The molecule has 0 radical (unpaired) electrons. The number of hydrogen-bond donors (Lipinski definition) is 1. The fourth-order valence-corrected chi connectivity index (χ4v) is 3.28. The molecule has 1 saturated heterocycles. The van der Waals surface area contributed by atoms with Crippen molar-refractivity contribution in [3.63, 3.8) is 0 Å². The molecule has 27 heavy (non-hydrogen) atoms. The second-order valence-electron chi connectivity index (χ2n) is 8.10. The van der Waals surface area contributed by atoms with Gasteiger partial charge in [0.2, 0.25) is 0 Å². The van der Waals surface area contributed by atoms with Gasteiger partial charge in [0.05, 0.1) is 11.9 Å². The van der Waals surface area contributed by atoms with Gasteiger partial charge in [-0.05, 0) is 41.8 Å². The fourth-order valence-electron chi connectivity index (χ4n) is 3.28. The molecule has 1 aliphatic heterocycles. The third-order valence-electron chi connectivity index (χ3n) is 5.17. The van der Waals surface area contributed by atoms with E-state index in [0.29, 0.717) is 5.69 Å². The van der Waals surface area contributed by atoms with Gasteiger partial charge in [0.15, 0.2) is 0 Å². The number of nitrogens with one attached hydrogen (secondary N) is 1. The first-order valence-electron chi connectivity index (χ1n) is 9.72. The van der Waals surface area contributed by atoms with Gasteiger partial charge in [-0.25, -0.2) is 4.98 Å². The summed E-state index contributed by atoms with van der Waals surface area (Å²) in [5.74, 6) is -0.180. The maximum absolute atomic E-state index is 12.5. The number of carbonyl (C=O) groups is 1. The lowest BCUT2D eigenvalue weighted by Crippen LogP contribution is -2.46. The van der Waals surface area contributed by atoms with E-state index in [1.54, 1.807) is 12.3 Å². The largest absolute Gasteiger partial charge is 0.368 e. The van der Waals surface area contributed by atoms with Gasteiger partial charge in [-0.3, -0.25) is 4.79 Å². The average Bonchev–Trinajstić information content (AvgIpc) is 2.68. The van der Waals surface area contributed by atoms with Crippen LogP contribution in [0.2, 0.25) is 0 Å². The van der Waals surface area contributed by atoms with Crippen molar-refractivity contribution in [2.24, 2.45) is 0 Å². The van der Waals surface area contributed by atoms with E-state index in [9.17, 15) is 4.79 Å². The standard InChI is InChI=1S/C22H30N4O/c1-5-25-12-14-26(15-13-25)19-10-11-20(23-16-19)21(27)24-18-8-6-17(7-9-18)22(2,3)4/h6-11,16H,5,12-15H2,1-4H3,(H,24,27). The van der Waals surface area contributed by atoms with E-state index in [4.69, 9.17) is 0 Å². The Bertz CT molecular complexity index is 754. The lowest BCUT2D eigenvalue weighted by molar-refractivity contribution is 0.102. The Morgan fingerprint density at radius 2 is 1.70 bits per heavy atom. The monoisotopic (exact) mass is 366 g/mol. The Balaban J connectivity index is 1.61. The topological polar surface area (TPSA) is 48.5 Å². The summed E-state index contributed by atoms with van der Waals surface area (Å²) in [6, 6.07) is 11.8. The molecule has 0 aliphatic carbocycles. The van der Waals surface area contributed by atoms with Crippen molar-refractivity contribution >= 4 is 17.3 Å². The van der Waals surface area contributed by atoms with Gasteiger partial charge >= 0.3 is 0 Å². The third kappa shape index (κ3) is 4.86. The van der Waals surface area contributed by atoms with Crippen molar-refractivity contribution in [3.05, 3.63) is 53.9 Å². The van der Waals surface area contributed by atoms with Gasteiger partial charge in [0.25, 0.3) is 5.91 Å². The van der Waals surface area contributed by atoms with Gasteiger partial charge in [0, 0.05) is 31.9 Å². The molecule has 2 heterocycles. The molecule has 1 N–H and O–H groups in total. The predicted molar refractivity (Wildman–Crippen MR) is 112 cm³/mol. The molecule has 0 unspecified atom stereocenters. The summed E-state index contributed by atoms with van der Waals surface area (Å²) in [6.45, 7) is 14.0. The summed E-state index contributed by atoms with van der Waals surface area (Å²) < 4.78 is 0. The quantitative estimate of drug-likeness (QED) is 0.895. The number of piperazine rings is 1. The Kier molecular flexibility index (Phi) is 5.80. The number of carbonyl (C=O) groups excluding carboxylic acids is 1. The van der Waals surface area contributed by atoms with E-state index >= 15 is 0 Å². The van der Waals surface area contributed by atoms with E-state index in [0.717, 1.165) is 44.1 Å². The number of likely N-dealkylation sites (N-methyl/N-ethyl adjacent to an activating group) is 1. The van der Waals surface area contributed by atoms with Crippen LogP contribution < -0.4 is 10.2 Å². The van der Waals surface area contributed by atoms with Crippen LogP contribution in [0.4, 0.5) is 11.4 Å². The highest BCUT2D eigenvalue weighted by molar-refractivity contribution is 6.02. The summed E-state index contributed by atoms with van der Waals surface area (Å²) >= 11 is 0. The molecule has 1 fully saturated rings. The number of nitrogens with zero attached hydrogens (tertiary/aromatic N) is 3. The minimum Gasteiger partial charge on any atom is -0.368 e. The first-order valence-corrected chi connectivity index (χ1v) is 9.72. The van der Waals surface area contributed by atoms with Gasteiger partial charge in [0.1, 0.15) is 5.69 Å². The molecule has 0 bridgehead atoms. The van der Waals surface area contributed by atoms with Crippen LogP contribution >= 0.6 is 0 Å². The van der Waals surface area contributed by atoms with Crippen LogP contribution in [0.1, 0.15) is 43.7 Å². The van der Waals surface area contributed by atoms with Gasteiger partial charge in [-0.1, -0.05) is 39.8 Å². The van der Waals surface area contributed by atoms with Crippen molar-refractivity contribution in [2.75, 3.05) is 42.9 Å². The number of aromatic nitrogens is 1.